The van der Waals surface area contributed by atoms with Gasteiger partial charge in [-0.1, -0.05) is 56.5 Å². The summed E-state index contributed by atoms with van der Waals surface area (Å²) in [5.41, 5.74) is 2.12. The number of rotatable bonds is 3. The van der Waals surface area contributed by atoms with Crippen LogP contribution in [0.5, 0.6) is 0 Å². The summed E-state index contributed by atoms with van der Waals surface area (Å²) < 4.78 is 1.03. The van der Waals surface area contributed by atoms with Gasteiger partial charge in [0, 0.05) is 32.1 Å². The molecule has 2 atom stereocenters. The summed E-state index contributed by atoms with van der Waals surface area (Å²) in [4.78, 5) is 4.53. The highest BCUT2D eigenvalue weighted by molar-refractivity contribution is 9.10. The van der Waals surface area contributed by atoms with Gasteiger partial charge in [-0.15, -0.1) is 0 Å². The summed E-state index contributed by atoms with van der Waals surface area (Å²) >= 11 is 13.5. The van der Waals surface area contributed by atoms with E-state index in [0.29, 0.717) is 0 Å². The predicted octanol–water partition coefficient (Wildman–Crippen LogP) is 5.74. The van der Waals surface area contributed by atoms with Crippen LogP contribution in [0.3, 0.4) is 0 Å². The molecular weight excluding hydrogens is 377 g/mol. The van der Waals surface area contributed by atoms with Gasteiger partial charge >= 0.3 is 0 Å². The molecule has 0 N–H and O–H groups in total. The Morgan fingerprint density at radius 3 is 2.67 bits per heavy atom. The molecule has 1 heterocycles. The highest BCUT2D eigenvalue weighted by atomic mass is 79.9. The minimum absolute atomic E-state index is 0.136. The van der Waals surface area contributed by atoms with Crippen molar-refractivity contribution in [3.63, 3.8) is 0 Å². The molecule has 4 heteroatoms. The number of pyridine rings is 1. The van der Waals surface area contributed by atoms with Crippen LogP contribution in [0.25, 0.3) is 0 Å². The van der Waals surface area contributed by atoms with E-state index in [0.717, 1.165) is 20.8 Å². The van der Waals surface area contributed by atoms with E-state index in [4.69, 9.17) is 11.6 Å². The van der Waals surface area contributed by atoms with E-state index in [1.165, 1.54) is 0 Å². The van der Waals surface area contributed by atoms with Crippen molar-refractivity contribution in [3.05, 3.63) is 63.3 Å². The second kappa shape index (κ2) is 6.18. The van der Waals surface area contributed by atoms with Crippen molar-refractivity contribution in [1.29, 1.82) is 0 Å². The highest BCUT2D eigenvalue weighted by Gasteiger charge is 2.21. The first-order chi connectivity index (χ1) is 8.59. The van der Waals surface area contributed by atoms with Crippen molar-refractivity contribution in [2.75, 3.05) is 0 Å². The Bertz CT molecular complexity index is 531. The third-order valence-corrected chi connectivity index (χ3v) is 4.97. The quantitative estimate of drug-likeness (QED) is 0.610. The second-order valence-corrected chi connectivity index (χ2v) is 6.42. The molecule has 0 aliphatic rings. The fourth-order valence-corrected chi connectivity index (χ4v) is 3.19. The average molecular weight is 390 g/mol. The molecule has 94 valence electrons. The SMILES string of the molecule is CC(c1ccccn1)C(Br)c1cc(Br)ccc1Cl. The van der Waals surface area contributed by atoms with Crippen LogP contribution in [0.1, 0.15) is 28.9 Å². The second-order valence-electron chi connectivity index (χ2n) is 4.11. The van der Waals surface area contributed by atoms with Crippen molar-refractivity contribution in [2.24, 2.45) is 0 Å². The van der Waals surface area contributed by atoms with Crippen LogP contribution < -0.4 is 0 Å². The van der Waals surface area contributed by atoms with Crippen molar-refractivity contribution >= 4 is 43.5 Å². The molecule has 2 aromatic rings. The monoisotopic (exact) mass is 387 g/mol. The number of halogens is 3. The van der Waals surface area contributed by atoms with Crippen LogP contribution in [0.15, 0.2) is 47.1 Å². The summed E-state index contributed by atoms with van der Waals surface area (Å²) in [6, 6.07) is 11.8. The van der Waals surface area contributed by atoms with Gasteiger partial charge in [-0.3, -0.25) is 4.98 Å². The third kappa shape index (κ3) is 3.14. The van der Waals surface area contributed by atoms with Crippen LogP contribution in [0.4, 0.5) is 0 Å². The summed E-state index contributed by atoms with van der Waals surface area (Å²) in [5.74, 6) is 0.248. The molecule has 0 fully saturated rings. The first-order valence-corrected chi connectivity index (χ1v) is 7.68. The van der Waals surface area contributed by atoms with Crippen LogP contribution in [-0.2, 0) is 0 Å². The Morgan fingerprint density at radius 1 is 1.22 bits per heavy atom. The number of aromatic nitrogens is 1. The normalized spacial score (nSPS) is 14.2. The van der Waals surface area contributed by atoms with Crippen LogP contribution in [-0.4, -0.2) is 4.98 Å². The van der Waals surface area contributed by atoms with Gasteiger partial charge in [-0.25, -0.2) is 0 Å². The zero-order chi connectivity index (χ0) is 13.1. The molecule has 0 spiro atoms. The number of hydrogen-bond acceptors (Lipinski definition) is 1. The number of nitrogens with zero attached hydrogens (tertiary/aromatic N) is 1. The van der Waals surface area contributed by atoms with E-state index >= 15 is 0 Å². The lowest BCUT2D eigenvalue weighted by atomic mass is 9.97. The summed E-state index contributed by atoms with van der Waals surface area (Å²) in [6.07, 6.45) is 1.81. The van der Waals surface area contributed by atoms with Crippen molar-refractivity contribution in [3.8, 4) is 0 Å². The van der Waals surface area contributed by atoms with E-state index in [1.807, 2.05) is 42.6 Å². The van der Waals surface area contributed by atoms with Gasteiger partial charge in [-0.2, -0.15) is 0 Å². The standard InChI is InChI=1S/C14H12Br2ClN/c1-9(13-4-2-3-7-18-13)14(16)11-8-10(15)5-6-12(11)17/h2-9,14H,1H3. The van der Waals surface area contributed by atoms with E-state index in [1.54, 1.807) is 0 Å². The van der Waals surface area contributed by atoms with Gasteiger partial charge in [0.15, 0.2) is 0 Å². The first-order valence-electron chi connectivity index (χ1n) is 5.59. The molecule has 2 unspecified atom stereocenters. The predicted molar refractivity (Wildman–Crippen MR) is 83.5 cm³/mol. The topological polar surface area (TPSA) is 12.9 Å². The van der Waals surface area contributed by atoms with Crippen molar-refractivity contribution in [2.45, 2.75) is 17.7 Å². The van der Waals surface area contributed by atoms with E-state index in [9.17, 15) is 0 Å². The van der Waals surface area contributed by atoms with Gasteiger partial charge in [0.25, 0.3) is 0 Å². The Morgan fingerprint density at radius 2 is 2.00 bits per heavy atom. The van der Waals surface area contributed by atoms with Crippen molar-refractivity contribution < 1.29 is 0 Å². The van der Waals surface area contributed by atoms with Gasteiger partial charge in [-0.05, 0) is 35.9 Å². The Balaban J connectivity index is 2.31. The molecule has 0 amide bonds. The van der Waals surface area contributed by atoms with Gasteiger partial charge in [0.2, 0.25) is 0 Å². The van der Waals surface area contributed by atoms with Gasteiger partial charge in [0.05, 0.1) is 0 Å². The van der Waals surface area contributed by atoms with Crippen molar-refractivity contribution in [1.82, 2.24) is 4.98 Å². The molecule has 2 rings (SSSR count). The lowest BCUT2D eigenvalue weighted by molar-refractivity contribution is 0.724. The maximum Gasteiger partial charge on any atom is 0.0491 e. The van der Waals surface area contributed by atoms with E-state index in [-0.39, 0.29) is 10.7 Å². The summed E-state index contributed by atoms with van der Waals surface area (Å²) in [6.45, 7) is 2.14. The molecule has 0 aliphatic heterocycles. The maximum atomic E-state index is 6.25. The van der Waals surface area contributed by atoms with Gasteiger partial charge < -0.3 is 0 Å². The zero-order valence-corrected chi connectivity index (χ0v) is 13.7. The molecule has 0 saturated carbocycles. The lowest BCUT2D eigenvalue weighted by Gasteiger charge is -2.19. The number of alkyl halides is 1. The molecule has 1 nitrogen and oxygen atoms in total. The lowest BCUT2D eigenvalue weighted by Crippen LogP contribution is -2.04. The smallest absolute Gasteiger partial charge is 0.0491 e. The summed E-state index contributed by atoms with van der Waals surface area (Å²) in [7, 11) is 0. The average Bonchev–Trinajstić information content (AvgIpc) is 2.41. The molecule has 18 heavy (non-hydrogen) atoms. The molecular formula is C14H12Br2ClN. The Labute approximate surface area is 129 Å². The number of benzene rings is 1. The minimum Gasteiger partial charge on any atom is -0.261 e. The fraction of sp³-hybridized carbons (Fsp3) is 0.214. The first kappa shape index (κ1) is 14.0. The molecule has 0 aliphatic carbocycles. The molecule has 0 bridgehead atoms. The minimum atomic E-state index is 0.136. The van der Waals surface area contributed by atoms with E-state index < -0.39 is 0 Å². The Kier molecular flexibility index (Phi) is 4.82. The summed E-state index contributed by atoms with van der Waals surface area (Å²) in [5, 5.41) is 0.767. The molecule has 0 saturated heterocycles. The maximum absolute atomic E-state index is 6.25. The Hall–Kier alpha value is -0.380. The third-order valence-electron chi connectivity index (χ3n) is 2.85. The molecule has 0 radical (unpaired) electrons. The molecule has 1 aromatic heterocycles. The zero-order valence-electron chi connectivity index (χ0n) is 9.78. The largest absolute Gasteiger partial charge is 0.261 e. The van der Waals surface area contributed by atoms with Gasteiger partial charge in [0.1, 0.15) is 0 Å². The van der Waals surface area contributed by atoms with Crippen LogP contribution in [0, 0.1) is 0 Å². The highest BCUT2D eigenvalue weighted by Crippen LogP contribution is 2.40. The fourth-order valence-electron chi connectivity index (χ4n) is 1.79. The number of hydrogen-bond donors (Lipinski definition) is 0. The van der Waals surface area contributed by atoms with Crippen LogP contribution >= 0.6 is 43.5 Å². The van der Waals surface area contributed by atoms with E-state index in [2.05, 4.69) is 43.8 Å². The molecule has 1 aromatic carbocycles. The van der Waals surface area contributed by atoms with Crippen LogP contribution in [0.2, 0.25) is 5.02 Å².